The number of unbranched alkanes of at least 4 members (excludes halogenated alkanes) is 29. The van der Waals surface area contributed by atoms with Gasteiger partial charge < -0.3 is 14.2 Å². The summed E-state index contributed by atoms with van der Waals surface area (Å²) in [5.74, 6) is -0.878. The van der Waals surface area contributed by atoms with Crippen LogP contribution < -0.4 is 0 Å². The molecule has 0 fully saturated rings. The van der Waals surface area contributed by atoms with Gasteiger partial charge in [0.25, 0.3) is 0 Å². The third-order valence-electron chi connectivity index (χ3n) is 11.2. The normalized spacial score (nSPS) is 12.3. The van der Waals surface area contributed by atoms with E-state index in [9.17, 15) is 14.4 Å². The first-order valence-corrected chi connectivity index (χ1v) is 25.5. The standard InChI is InChI=1S/C53H96O6/c1-4-7-10-13-16-19-21-23-25-27-29-31-34-37-40-43-46-52(55)58-49-50(48-57-51(54)45-42-39-36-33-18-15-12-9-6-3)59-53(56)47-44-41-38-35-32-30-28-26-24-22-20-17-14-11-8-5-2/h7,10,16,19,23,25,50H,4-6,8-9,11-15,17-18,20-22,24,26-49H2,1-3H3/b10-7-,19-16-,25-23-. The number of ether oxygens (including phenoxy) is 3. The van der Waals surface area contributed by atoms with Gasteiger partial charge in [-0.05, 0) is 51.4 Å². The van der Waals surface area contributed by atoms with Crippen molar-refractivity contribution in [1.29, 1.82) is 0 Å². The Labute approximate surface area is 365 Å². The zero-order chi connectivity index (χ0) is 43.0. The Morgan fingerprint density at radius 2 is 0.661 bits per heavy atom. The molecule has 6 heteroatoms. The summed E-state index contributed by atoms with van der Waals surface area (Å²) in [6.45, 7) is 6.52. The third-order valence-corrected chi connectivity index (χ3v) is 11.2. The quantitative estimate of drug-likeness (QED) is 0.0263. The number of allylic oxidation sites excluding steroid dienone is 6. The number of rotatable bonds is 46. The second-order valence-electron chi connectivity index (χ2n) is 17.1. The molecule has 0 radical (unpaired) electrons. The highest BCUT2D eigenvalue weighted by Crippen LogP contribution is 2.16. The number of hydrogen-bond acceptors (Lipinski definition) is 6. The Kier molecular flexibility index (Phi) is 46.4. The Morgan fingerprint density at radius 1 is 0.356 bits per heavy atom. The summed E-state index contributed by atoms with van der Waals surface area (Å²) in [4.78, 5) is 37.9. The maximum atomic E-state index is 12.8. The Bertz CT molecular complexity index is 1000. The first kappa shape index (κ1) is 56.6. The molecule has 0 N–H and O–H groups in total. The van der Waals surface area contributed by atoms with Gasteiger partial charge >= 0.3 is 17.9 Å². The van der Waals surface area contributed by atoms with Crippen molar-refractivity contribution in [2.75, 3.05) is 13.2 Å². The van der Waals surface area contributed by atoms with E-state index in [1.165, 1.54) is 141 Å². The Balaban J connectivity index is 4.31. The van der Waals surface area contributed by atoms with E-state index in [1.54, 1.807) is 0 Å². The molecule has 1 atom stereocenters. The summed E-state index contributed by atoms with van der Waals surface area (Å²) in [5.41, 5.74) is 0. The zero-order valence-corrected chi connectivity index (χ0v) is 39.3. The van der Waals surface area contributed by atoms with Gasteiger partial charge in [-0.15, -0.1) is 0 Å². The van der Waals surface area contributed by atoms with Crippen molar-refractivity contribution in [1.82, 2.24) is 0 Å². The molecule has 344 valence electrons. The van der Waals surface area contributed by atoms with E-state index < -0.39 is 6.10 Å². The fourth-order valence-electron chi connectivity index (χ4n) is 7.34. The van der Waals surface area contributed by atoms with Crippen LogP contribution in [-0.4, -0.2) is 37.2 Å². The van der Waals surface area contributed by atoms with Crippen LogP contribution in [0.1, 0.15) is 265 Å². The molecule has 6 nitrogen and oxygen atoms in total. The van der Waals surface area contributed by atoms with Crippen LogP contribution in [0.2, 0.25) is 0 Å². The smallest absolute Gasteiger partial charge is 0.306 e. The van der Waals surface area contributed by atoms with Crippen molar-refractivity contribution in [3.63, 3.8) is 0 Å². The van der Waals surface area contributed by atoms with E-state index >= 15 is 0 Å². The second-order valence-corrected chi connectivity index (χ2v) is 17.1. The predicted molar refractivity (Wildman–Crippen MR) is 252 cm³/mol. The molecule has 0 amide bonds. The second kappa shape index (κ2) is 48.3. The summed E-state index contributed by atoms with van der Waals surface area (Å²) < 4.78 is 16.8. The zero-order valence-electron chi connectivity index (χ0n) is 39.3. The lowest BCUT2D eigenvalue weighted by atomic mass is 10.0. The van der Waals surface area contributed by atoms with Gasteiger partial charge in [0.1, 0.15) is 13.2 Å². The van der Waals surface area contributed by atoms with E-state index in [1.807, 2.05) is 0 Å². The lowest BCUT2D eigenvalue weighted by Gasteiger charge is -2.18. The fraction of sp³-hybridized carbons (Fsp3) is 0.830. The molecule has 1 unspecified atom stereocenters. The van der Waals surface area contributed by atoms with E-state index in [4.69, 9.17) is 14.2 Å². The van der Waals surface area contributed by atoms with Crippen molar-refractivity contribution in [3.05, 3.63) is 36.5 Å². The van der Waals surface area contributed by atoms with Crippen LogP contribution in [0.25, 0.3) is 0 Å². The van der Waals surface area contributed by atoms with Crippen molar-refractivity contribution in [3.8, 4) is 0 Å². The van der Waals surface area contributed by atoms with Gasteiger partial charge in [-0.3, -0.25) is 14.4 Å². The van der Waals surface area contributed by atoms with Crippen LogP contribution >= 0.6 is 0 Å². The number of esters is 3. The summed E-state index contributed by atoms with van der Waals surface area (Å²) in [6, 6.07) is 0. The highest BCUT2D eigenvalue weighted by atomic mass is 16.6. The van der Waals surface area contributed by atoms with Gasteiger partial charge in [-0.25, -0.2) is 0 Å². The van der Waals surface area contributed by atoms with Gasteiger partial charge in [0, 0.05) is 19.3 Å². The summed E-state index contributed by atoms with van der Waals surface area (Å²) in [7, 11) is 0. The molecule has 0 aliphatic rings. The molecule has 59 heavy (non-hydrogen) atoms. The molecule has 0 aromatic rings. The maximum absolute atomic E-state index is 12.8. The molecule has 0 rings (SSSR count). The molecule has 0 aromatic heterocycles. The molecule has 0 aromatic carbocycles. The van der Waals surface area contributed by atoms with E-state index in [0.717, 1.165) is 83.5 Å². The number of carbonyl (C=O) groups is 3. The van der Waals surface area contributed by atoms with Crippen LogP contribution in [0.5, 0.6) is 0 Å². The number of hydrogen-bond donors (Lipinski definition) is 0. The van der Waals surface area contributed by atoms with Gasteiger partial charge in [0.05, 0.1) is 0 Å². The fourth-order valence-corrected chi connectivity index (χ4v) is 7.34. The van der Waals surface area contributed by atoms with E-state index in [2.05, 4.69) is 57.2 Å². The SMILES string of the molecule is CC/C=C\C/C=C\C/C=C\CCCCCCCCC(=O)OCC(COC(=O)CCCCCCCCCCC)OC(=O)CCCCCCCCCCCCCCCCCC. The largest absolute Gasteiger partial charge is 0.462 e. The Hall–Kier alpha value is -2.37. The first-order chi connectivity index (χ1) is 29.0. The Morgan fingerprint density at radius 3 is 1.03 bits per heavy atom. The van der Waals surface area contributed by atoms with Crippen LogP contribution in [0.3, 0.4) is 0 Å². The van der Waals surface area contributed by atoms with Crippen molar-refractivity contribution >= 4 is 17.9 Å². The molecular formula is C53H96O6. The molecule has 0 aliphatic heterocycles. The van der Waals surface area contributed by atoms with Crippen molar-refractivity contribution < 1.29 is 28.6 Å². The highest BCUT2D eigenvalue weighted by Gasteiger charge is 2.19. The van der Waals surface area contributed by atoms with Crippen LogP contribution in [0.4, 0.5) is 0 Å². The molecule has 0 spiro atoms. The number of carbonyl (C=O) groups excluding carboxylic acids is 3. The first-order valence-electron chi connectivity index (χ1n) is 25.5. The summed E-state index contributed by atoms with van der Waals surface area (Å²) in [6.07, 6.45) is 55.6. The van der Waals surface area contributed by atoms with Crippen LogP contribution in [-0.2, 0) is 28.6 Å². The third kappa shape index (κ3) is 46.5. The minimum atomic E-state index is -0.771. The topological polar surface area (TPSA) is 78.9 Å². The van der Waals surface area contributed by atoms with Crippen LogP contribution in [0, 0.1) is 0 Å². The predicted octanol–water partition coefficient (Wildman–Crippen LogP) is 16.5. The van der Waals surface area contributed by atoms with Crippen molar-refractivity contribution in [2.45, 2.75) is 271 Å². The van der Waals surface area contributed by atoms with Gasteiger partial charge in [-0.1, -0.05) is 231 Å². The van der Waals surface area contributed by atoms with Gasteiger partial charge in [0.15, 0.2) is 6.10 Å². The minimum absolute atomic E-state index is 0.0726. The molecule has 0 aliphatic carbocycles. The average molecular weight is 829 g/mol. The summed E-state index contributed by atoms with van der Waals surface area (Å²) >= 11 is 0. The lowest BCUT2D eigenvalue weighted by Crippen LogP contribution is -2.30. The maximum Gasteiger partial charge on any atom is 0.306 e. The highest BCUT2D eigenvalue weighted by molar-refractivity contribution is 5.71. The molecule has 0 saturated heterocycles. The average Bonchev–Trinajstić information content (AvgIpc) is 3.23. The lowest BCUT2D eigenvalue weighted by molar-refractivity contribution is -0.167. The van der Waals surface area contributed by atoms with E-state index in [0.29, 0.717) is 19.3 Å². The molecule has 0 saturated carbocycles. The van der Waals surface area contributed by atoms with Gasteiger partial charge in [-0.2, -0.15) is 0 Å². The molecular weight excluding hydrogens is 733 g/mol. The summed E-state index contributed by atoms with van der Waals surface area (Å²) in [5, 5.41) is 0. The van der Waals surface area contributed by atoms with Crippen molar-refractivity contribution in [2.24, 2.45) is 0 Å². The van der Waals surface area contributed by atoms with E-state index in [-0.39, 0.29) is 31.1 Å². The van der Waals surface area contributed by atoms with Gasteiger partial charge in [0.2, 0.25) is 0 Å². The monoisotopic (exact) mass is 829 g/mol. The van der Waals surface area contributed by atoms with Crippen LogP contribution in [0.15, 0.2) is 36.5 Å². The minimum Gasteiger partial charge on any atom is -0.462 e. The molecule has 0 heterocycles. The molecule has 0 bridgehead atoms.